The highest BCUT2D eigenvalue weighted by molar-refractivity contribution is 7.91. The van der Waals surface area contributed by atoms with E-state index in [0.29, 0.717) is 24.4 Å². The number of aryl methyl sites for hydroxylation is 1. The third-order valence-electron chi connectivity index (χ3n) is 4.21. The Labute approximate surface area is 156 Å². The van der Waals surface area contributed by atoms with Gasteiger partial charge in [-0.25, -0.2) is 12.8 Å². The SMILES string of the molecule is CCCn1cc(S(=O)(=O)c2ccc(F)cc2)c(=O)c2cc(OCC)ccc21. The first-order valence-corrected chi connectivity index (χ1v) is 10.2. The second-order valence-corrected chi connectivity index (χ2v) is 8.00. The van der Waals surface area contributed by atoms with Crippen LogP contribution in [-0.2, 0) is 16.4 Å². The first-order valence-electron chi connectivity index (χ1n) is 8.69. The Morgan fingerprint density at radius 2 is 1.78 bits per heavy atom. The minimum atomic E-state index is -4.08. The van der Waals surface area contributed by atoms with Gasteiger partial charge >= 0.3 is 0 Å². The summed E-state index contributed by atoms with van der Waals surface area (Å²) in [5.41, 5.74) is 0.0478. The van der Waals surface area contributed by atoms with Crippen molar-refractivity contribution in [3.63, 3.8) is 0 Å². The summed E-state index contributed by atoms with van der Waals surface area (Å²) in [6.45, 7) is 4.78. The molecule has 0 N–H and O–H groups in total. The van der Waals surface area contributed by atoms with E-state index < -0.39 is 21.1 Å². The van der Waals surface area contributed by atoms with Crippen LogP contribution in [0.25, 0.3) is 10.9 Å². The van der Waals surface area contributed by atoms with E-state index in [0.717, 1.165) is 30.7 Å². The van der Waals surface area contributed by atoms with Crippen molar-refractivity contribution < 1.29 is 17.5 Å². The molecule has 0 aliphatic rings. The molecule has 2 aromatic carbocycles. The van der Waals surface area contributed by atoms with Gasteiger partial charge in [0.25, 0.3) is 0 Å². The van der Waals surface area contributed by atoms with E-state index in [1.54, 1.807) is 22.8 Å². The highest BCUT2D eigenvalue weighted by atomic mass is 32.2. The fraction of sp³-hybridized carbons (Fsp3) is 0.250. The summed E-state index contributed by atoms with van der Waals surface area (Å²) in [6, 6.07) is 9.52. The monoisotopic (exact) mass is 389 g/mol. The average molecular weight is 389 g/mol. The summed E-state index contributed by atoms with van der Waals surface area (Å²) in [7, 11) is -4.08. The van der Waals surface area contributed by atoms with Gasteiger partial charge in [-0.05, 0) is 55.8 Å². The highest BCUT2D eigenvalue weighted by Gasteiger charge is 2.24. The van der Waals surface area contributed by atoms with Crippen molar-refractivity contribution in [2.75, 3.05) is 6.61 Å². The summed E-state index contributed by atoms with van der Waals surface area (Å²) in [5.74, 6) is -0.0429. The van der Waals surface area contributed by atoms with Crippen LogP contribution in [0.5, 0.6) is 5.75 Å². The molecule has 0 saturated carbocycles. The molecule has 0 radical (unpaired) electrons. The van der Waals surface area contributed by atoms with Gasteiger partial charge in [-0.2, -0.15) is 0 Å². The van der Waals surface area contributed by atoms with Crippen molar-refractivity contribution in [3.05, 3.63) is 64.7 Å². The molecular weight excluding hydrogens is 369 g/mol. The number of pyridine rings is 1. The Morgan fingerprint density at radius 3 is 2.41 bits per heavy atom. The van der Waals surface area contributed by atoms with Gasteiger partial charge in [-0.15, -0.1) is 0 Å². The number of sulfone groups is 1. The van der Waals surface area contributed by atoms with Crippen molar-refractivity contribution in [1.29, 1.82) is 0 Å². The molecule has 142 valence electrons. The quantitative estimate of drug-likeness (QED) is 0.602. The van der Waals surface area contributed by atoms with Gasteiger partial charge in [0, 0.05) is 12.7 Å². The second kappa shape index (κ2) is 7.52. The van der Waals surface area contributed by atoms with Gasteiger partial charge in [0.2, 0.25) is 15.3 Å². The molecule has 0 unspecified atom stereocenters. The van der Waals surface area contributed by atoms with Gasteiger partial charge in [0.05, 0.1) is 22.4 Å². The van der Waals surface area contributed by atoms with Gasteiger partial charge in [0.15, 0.2) is 0 Å². The van der Waals surface area contributed by atoms with E-state index in [1.807, 2.05) is 13.8 Å². The lowest BCUT2D eigenvalue weighted by atomic mass is 10.2. The Kier molecular flexibility index (Phi) is 5.32. The number of hydrogen-bond donors (Lipinski definition) is 0. The van der Waals surface area contributed by atoms with Crippen LogP contribution < -0.4 is 10.2 Å². The number of nitrogens with zero attached hydrogens (tertiary/aromatic N) is 1. The van der Waals surface area contributed by atoms with Crippen LogP contribution in [0.15, 0.2) is 63.2 Å². The molecule has 3 rings (SSSR count). The lowest BCUT2D eigenvalue weighted by molar-refractivity contribution is 0.340. The maximum Gasteiger partial charge on any atom is 0.211 e. The molecule has 7 heteroatoms. The van der Waals surface area contributed by atoms with Crippen LogP contribution >= 0.6 is 0 Å². The Balaban J connectivity index is 2.30. The van der Waals surface area contributed by atoms with E-state index in [9.17, 15) is 17.6 Å². The average Bonchev–Trinajstić information content (AvgIpc) is 2.64. The number of hydrogen-bond acceptors (Lipinski definition) is 4. The van der Waals surface area contributed by atoms with Crippen molar-refractivity contribution in [1.82, 2.24) is 4.57 Å². The number of fused-ring (bicyclic) bond motifs is 1. The Hall–Kier alpha value is -2.67. The first kappa shape index (κ1) is 19.1. The molecule has 0 atom stereocenters. The van der Waals surface area contributed by atoms with Crippen molar-refractivity contribution in [3.8, 4) is 5.75 Å². The summed E-state index contributed by atoms with van der Waals surface area (Å²) >= 11 is 0. The molecular formula is C20H20FNO4S. The van der Waals surface area contributed by atoms with Crippen LogP contribution in [0.3, 0.4) is 0 Å². The molecule has 5 nitrogen and oxygen atoms in total. The fourth-order valence-electron chi connectivity index (χ4n) is 2.96. The topological polar surface area (TPSA) is 65.4 Å². The molecule has 0 spiro atoms. The molecule has 0 aliphatic heterocycles. The number of benzene rings is 2. The third kappa shape index (κ3) is 3.60. The van der Waals surface area contributed by atoms with Gasteiger partial charge in [-0.1, -0.05) is 6.92 Å². The van der Waals surface area contributed by atoms with Gasteiger partial charge in [-0.3, -0.25) is 4.79 Å². The Morgan fingerprint density at radius 1 is 1.07 bits per heavy atom. The maximum absolute atomic E-state index is 13.2. The third-order valence-corrected chi connectivity index (χ3v) is 5.97. The Bertz CT molecular complexity index is 1140. The number of aromatic nitrogens is 1. The number of ether oxygens (including phenoxy) is 1. The minimum absolute atomic E-state index is 0.121. The largest absolute Gasteiger partial charge is 0.494 e. The summed E-state index contributed by atoms with van der Waals surface area (Å²) in [6.07, 6.45) is 2.13. The predicted molar refractivity (Wildman–Crippen MR) is 102 cm³/mol. The van der Waals surface area contributed by atoms with Crippen LogP contribution in [0.1, 0.15) is 20.3 Å². The molecule has 27 heavy (non-hydrogen) atoms. The van der Waals surface area contributed by atoms with E-state index in [4.69, 9.17) is 4.74 Å². The predicted octanol–water partition coefficient (Wildman–Crippen LogP) is 3.78. The van der Waals surface area contributed by atoms with E-state index in [1.165, 1.54) is 6.20 Å². The van der Waals surface area contributed by atoms with Gasteiger partial charge < -0.3 is 9.30 Å². The molecule has 0 bridgehead atoms. The number of halogens is 1. The van der Waals surface area contributed by atoms with E-state index in [-0.39, 0.29) is 15.2 Å². The lowest BCUT2D eigenvalue weighted by Gasteiger charge is -2.14. The zero-order chi connectivity index (χ0) is 19.6. The summed E-state index contributed by atoms with van der Waals surface area (Å²) in [5, 5.41) is 0.276. The van der Waals surface area contributed by atoms with Crippen molar-refractivity contribution in [2.45, 2.75) is 36.6 Å². The van der Waals surface area contributed by atoms with E-state index >= 15 is 0 Å². The van der Waals surface area contributed by atoms with Gasteiger partial charge in [0.1, 0.15) is 16.5 Å². The summed E-state index contributed by atoms with van der Waals surface area (Å²) < 4.78 is 46.4. The standard InChI is InChI=1S/C20H20FNO4S/c1-3-11-22-13-19(27(24,25)16-8-5-14(21)6-9-16)20(23)17-12-15(26-4-2)7-10-18(17)22/h5-10,12-13H,3-4,11H2,1-2H3. The van der Waals surface area contributed by atoms with Crippen LogP contribution in [0.2, 0.25) is 0 Å². The molecule has 0 saturated heterocycles. The zero-order valence-corrected chi connectivity index (χ0v) is 15.9. The van der Waals surface area contributed by atoms with Crippen LogP contribution in [0.4, 0.5) is 4.39 Å². The minimum Gasteiger partial charge on any atom is -0.494 e. The molecule has 0 fully saturated rings. The first-order chi connectivity index (χ1) is 12.9. The van der Waals surface area contributed by atoms with E-state index in [2.05, 4.69) is 0 Å². The molecule has 0 amide bonds. The zero-order valence-electron chi connectivity index (χ0n) is 15.1. The number of rotatable bonds is 6. The van der Waals surface area contributed by atoms with Crippen LogP contribution in [0, 0.1) is 5.82 Å². The smallest absolute Gasteiger partial charge is 0.211 e. The second-order valence-electron chi connectivity index (χ2n) is 6.09. The maximum atomic E-state index is 13.2. The van der Waals surface area contributed by atoms with Crippen molar-refractivity contribution >= 4 is 20.7 Å². The van der Waals surface area contributed by atoms with Crippen LogP contribution in [-0.4, -0.2) is 19.6 Å². The fourth-order valence-corrected chi connectivity index (χ4v) is 4.33. The summed E-state index contributed by atoms with van der Waals surface area (Å²) in [4.78, 5) is 12.6. The molecule has 1 aromatic heterocycles. The van der Waals surface area contributed by atoms with Crippen molar-refractivity contribution in [2.24, 2.45) is 0 Å². The highest BCUT2D eigenvalue weighted by Crippen LogP contribution is 2.24. The lowest BCUT2D eigenvalue weighted by Crippen LogP contribution is -2.19. The molecule has 3 aromatic rings. The molecule has 0 aliphatic carbocycles. The molecule has 1 heterocycles. The normalized spacial score (nSPS) is 11.7.